The van der Waals surface area contributed by atoms with E-state index in [1.54, 1.807) is 11.2 Å². The summed E-state index contributed by atoms with van der Waals surface area (Å²) in [4.78, 5) is 13.8. The lowest BCUT2D eigenvalue weighted by Gasteiger charge is -2.30. The van der Waals surface area contributed by atoms with Gasteiger partial charge >= 0.3 is 6.09 Å². The standard InChI is InChI=1S/C15H23N7O2S2/c1-9(18-12(16)26-13(17)25-5)11-20-19-10-8-21(6-7-22(10)11)14(23)24-15(2,3)4/h17H,1,6-8H2,2-5H3,(H2,16,18). The molecule has 1 aromatic heterocycles. The van der Waals surface area contributed by atoms with E-state index in [0.29, 0.717) is 41.4 Å². The first kappa shape index (κ1) is 20.3. The van der Waals surface area contributed by atoms with Gasteiger partial charge in [0.1, 0.15) is 9.98 Å². The summed E-state index contributed by atoms with van der Waals surface area (Å²) in [6.45, 7) is 10.7. The van der Waals surface area contributed by atoms with Gasteiger partial charge in [-0.3, -0.25) is 15.7 Å². The van der Waals surface area contributed by atoms with Gasteiger partial charge in [-0.05, 0) is 38.8 Å². The Hall–Kier alpha value is -2.01. The smallest absolute Gasteiger partial charge is 0.410 e. The number of hydrogen-bond acceptors (Lipinski definition) is 8. The van der Waals surface area contributed by atoms with Gasteiger partial charge in [0.2, 0.25) is 0 Å². The number of hydrogen-bond donors (Lipinski definition) is 3. The SMILES string of the molecule is C=C(NC(=N)SC(=N)SC)c1nnc2n1CCN(C(=O)OC(C)(C)C)C2. The van der Waals surface area contributed by atoms with Crippen LogP contribution in [0, 0.1) is 10.8 Å². The van der Waals surface area contributed by atoms with Crippen molar-refractivity contribution in [3.8, 4) is 0 Å². The molecule has 0 radical (unpaired) electrons. The molecule has 1 amide bonds. The average molecular weight is 398 g/mol. The first-order valence-corrected chi connectivity index (χ1v) is 9.90. The average Bonchev–Trinajstić information content (AvgIpc) is 2.95. The first-order valence-electron chi connectivity index (χ1n) is 7.86. The number of ether oxygens (including phenoxy) is 1. The van der Waals surface area contributed by atoms with Crippen LogP contribution < -0.4 is 5.32 Å². The van der Waals surface area contributed by atoms with Gasteiger partial charge in [0, 0.05) is 13.1 Å². The Morgan fingerprint density at radius 2 is 2.00 bits per heavy atom. The maximum Gasteiger partial charge on any atom is 0.410 e. The van der Waals surface area contributed by atoms with Crippen LogP contribution in [-0.2, 0) is 17.8 Å². The molecule has 2 rings (SSSR count). The second-order valence-electron chi connectivity index (χ2n) is 6.52. The summed E-state index contributed by atoms with van der Waals surface area (Å²) >= 11 is 2.26. The normalized spacial score (nSPS) is 13.8. The van der Waals surface area contributed by atoms with Crippen molar-refractivity contribution in [3.05, 3.63) is 18.2 Å². The Labute approximate surface area is 161 Å². The third-order valence-corrected chi connectivity index (χ3v) is 4.93. The van der Waals surface area contributed by atoms with E-state index >= 15 is 0 Å². The van der Waals surface area contributed by atoms with Gasteiger partial charge in [0.25, 0.3) is 0 Å². The number of thioether (sulfide) groups is 2. The second kappa shape index (κ2) is 8.12. The van der Waals surface area contributed by atoms with Gasteiger partial charge in [0.15, 0.2) is 16.8 Å². The fourth-order valence-electron chi connectivity index (χ4n) is 2.22. The highest BCUT2D eigenvalue weighted by atomic mass is 32.2. The zero-order valence-corrected chi connectivity index (χ0v) is 16.9. The lowest BCUT2D eigenvalue weighted by molar-refractivity contribution is 0.0195. The molecule has 26 heavy (non-hydrogen) atoms. The van der Waals surface area contributed by atoms with Crippen LogP contribution >= 0.6 is 23.5 Å². The van der Waals surface area contributed by atoms with Gasteiger partial charge in [-0.15, -0.1) is 22.0 Å². The van der Waals surface area contributed by atoms with Crippen LogP contribution in [0.2, 0.25) is 0 Å². The van der Waals surface area contributed by atoms with E-state index in [1.807, 2.05) is 25.3 Å². The summed E-state index contributed by atoms with van der Waals surface area (Å²) < 4.78 is 7.57. The molecule has 1 aromatic rings. The van der Waals surface area contributed by atoms with Crippen molar-refractivity contribution in [1.82, 2.24) is 25.0 Å². The van der Waals surface area contributed by atoms with Crippen LogP contribution in [0.4, 0.5) is 4.79 Å². The van der Waals surface area contributed by atoms with E-state index in [0.717, 1.165) is 11.8 Å². The fourth-order valence-corrected chi connectivity index (χ4v) is 3.16. The van der Waals surface area contributed by atoms with Crippen LogP contribution in [0.25, 0.3) is 5.70 Å². The van der Waals surface area contributed by atoms with Crippen molar-refractivity contribution >= 4 is 44.9 Å². The molecule has 3 N–H and O–H groups in total. The van der Waals surface area contributed by atoms with Crippen LogP contribution in [0.1, 0.15) is 32.4 Å². The molecule has 0 bridgehead atoms. The van der Waals surface area contributed by atoms with Crippen LogP contribution in [0.3, 0.4) is 0 Å². The summed E-state index contributed by atoms with van der Waals surface area (Å²) in [5.41, 5.74) is -0.116. The monoisotopic (exact) mass is 397 g/mol. The molecule has 0 fully saturated rings. The maximum absolute atomic E-state index is 12.2. The Morgan fingerprint density at radius 1 is 1.31 bits per heavy atom. The molecule has 1 aliphatic rings. The molecule has 2 heterocycles. The molecule has 11 heteroatoms. The largest absolute Gasteiger partial charge is 0.444 e. The minimum atomic E-state index is -0.548. The molecule has 0 spiro atoms. The molecule has 0 atom stereocenters. The predicted octanol–water partition coefficient (Wildman–Crippen LogP) is 2.55. The fraction of sp³-hybridized carbons (Fsp3) is 0.533. The quantitative estimate of drug-likeness (QED) is 0.518. The molecule has 0 saturated heterocycles. The van der Waals surface area contributed by atoms with Crippen LogP contribution in [-0.4, -0.2) is 53.7 Å². The molecular formula is C15H23N7O2S2. The number of nitrogens with zero attached hydrogens (tertiary/aromatic N) is 4. The van der Waals surface area contributed by atoms with Gasteiger partial charge in [-0.2, -0.15) is 0 Å². The van der Waals surface area contributed by atoms with E-state index in [4.69, 9.17) is 15.6 Å². The van der Waals surface area contributed by atoms with Crippen molar-refractivity contribution in [2.24, 2.45) is 0 Å². The van der Waals surface area contributed by atoms with Gasteiger partial charge < -0.3 is 14.6 Å². The van der Waals surface area contributed by atoms with Crippen LogP contribution in [0.5, 0.6) is 0 Å². The molecule has 0 aromatic carbocycles. The number of aromatic nitrogens is 3. The zero-order chi connectivity index (χ0) is 19.5. The Morgan fingerprint density at radius 3 is 2.62 bits per heavy atom. The minimum Gasteiger partial charge on any atom is -0.444 e. The van der Waals surface area contributed by atoms with E-state index in [-0.39, 0.29) is 11.3 Å². The van der Waals surface area contributed by atoms with Gasteiger partial charge in [-0.1, -0.05) is 6.58 Å². The summed E-state index contributed by atoms with van der Waals surface area (Å²) in [5, 5.41) is 26.7. The molecule has 0 saturated carbocycles. The van der Waals surface area contributed by atoms with E-state index in [1.165, 1.54) is 11.8 Å². The number of carbonyl (C=O) groups is 1. The third-order valence-electron chi connectivity index (χ3n) is 3.32. The minimum absolute atomic E-state index is 0.0953. The summed E-state index contributed by atoms with van der Waals surface area (Å²) in [6.07, 6.45) is 1.40. The summed E-state index contributed by atoms with van der Waals surface area (Å²) in [6, 6.07) is 0. The Bertz CT molecular complexity index is 739. The first-order chi connectivity index (χ1) is 12.1. The van der Waals surface area contributed by atoms with Crippen molar-refractivity contribution < 1.29 is 9.53 Å². The van der Waals surface area contributed by atoms with Crippen molar-refractivity contribution in [1.29, 1.82) is 10.8 Å². The topological polar surface area (TPSA) is 120 Å². The van der Waals surface area contributed by atoms with E-state index < -0.39 is 5.60 Å². The molecule has 0 unspecified atom stereocenters. The molecule has 142 valence electrons. The van der Waals surface area contributed by atoms with Crippen molar-refractivity contribution in [2.45, 2.75) is 39.5 Å². The number of amides is 1. The third kappa shape index (κ3) is 5.24. The number of rotatable bonds is 2. The number of amidine groups is 1. The highest BCUT2D eigenvalue weighted by Gasteiger charge is 2.28. The number of nitrogens with one attached hydrogen (secondary N) is 3. The van der Waals surface area contributed by atoms with E-state index in [9.17, 15) is 4.79 Å². The molecule has 1 aliphatic heterocycles. The molecule has 9 nitrogen and oxygen atoms in total. The Kier molecular flexibility index (Phi) is 6.34. The lowest BCUT2D eigenvalue weighted by atomic mass is 10.2. The predicted molar refractivity (Wildman–Crippen MR) is 105 cm³/mol. The van der Waals surface area contributed by atoms with E-state index in [2.05, 4.69) is 22.1 Å². The van der Waals surface area contributed by atoms with Crippen molar-refractivity contribution in [3.63, 3.8) is 0 Å². The zero-order valence-electron chi connectivity index (χ0n) is 15.3. The van der Waals surface area contributed by atoms with Crippen molar-refractivity contribution in [2.75, 3.05) is 12.8 Å². The maximum atomic E-state index is 12.2. The summed E-state index contributed by atoms with van der Waals surface area (Å²) in [7, 11) is 0. The summed E-state index contributed by atoms with van der Waals surface area (Å²) in [5.74, 6) is 1.15. The second-order valence-corrected chi connectivity index (χ2v) is 8.62. The van der Waals surface area contributed by atoms with Gasteiger partial charge in [0.05, 0.1) is 12.2 Å². The Balaban J connectivity index is 2.02. The highest BCUT2D eigenvalue weighted by Crippen LogP contribution is 2.20. The highest BCUT2D eigenvalue weighted by molar-refractivity contribution is 8.44. The number of fused-ring (bicyclic) bond motifs is 1. The lowest BCUT2D eigenvalue weighted by Crippen LogP contribution is -2.42. The van der Waals surface area contributed by atoms with Crippen LogP contribution in [0.15, 0.2) is 6.58 Å². The van der Waals surface area contributed by atoms with Gasteiger partial charge in [-0.25, -0.2) is 4.79 Å². The molecular weight excluding hydrogens is 374 g/mol. The molecule has 0 aliphatic carbocycles. The number of carbonyl (C=O) groups excluding carboxylic acids is 1.